The lowest BCUT2D eigenvalue weighted by molar-refractivity contribution is -0.432. The Bertz CT molecular complexity index is 1500. The Morgan fingerprint density at radius 1 is 0.691 bits per heavy atom. The number of alkyl carbamates (subject to hydrolysis) is 1. The van der Waals surface area contributed by atoms with Crippen molar-refractivity contribution in [3.05, 3.63) is 35.9 Å². The smallest absolute Gasteiger partial charge is 0.408 e. The van der Waals surface area contributed by atoms with E-state index >= 15 is 8.78 Å². The van der Waals surface area contributed by atoms with Crippen molar-refractivity contribution in [2.45, 2.75) is 187 Å². The molecule has 1 fully saturated rings. The van der Waals surface area contributed by atoms with Gasteiger partial charge in [0.2, 0.25) is 11.8 Å². The van der Waals surface area contributed by atoms with Crippen LogP contribution >= 0.6 is 0 Å². The van der Waals surface area contributed by atoms with Crippen molar-refractivity contribution in [2.24, 2.45) is 0 Å². The molecule has 0 unspecified atom stereocenters. The first kappa shape index (κ1) is 60.6. The summed E-state index contributed by atoms with van der Waals surface area (Å²) in [5.74, 6) is -8.14. The van der Waals surface area contributed by atoms with Gasteiger partial charge in [-0.2, -0.15) is 8.78 Å². The zero-order valence-corrected chi connectivity index (χ0v) is 42.0. The summed E-state index contributed by atoms with van der Waals surface area (Å²) in [6.45, 7) is 12.0. The summed E-state index contributed by atoms with van der Waals surface area (Å²) >= 11 is 0. The van der Waals surface area contributed by atoms with Crippen molar-refractivity contribution in [3.63, 3.8) is 0 Å². The Kier molecular flexibility index (Phi) is 32.5. The summed E-state index contributed by atoms with van der Waals surface area (Å²) in [7, 11) is 0. The molecular weight excluding hydrogens is 887 g/mol. The van der Waals surface area contributed by atoms with E-state index < -0.39 is 79.1 Å². The highest BCUT2D eigenvalue weighted by Gasteiger charge is 2.69. The number of halogens is 2. The fourth-order valence-corrected chi connectivity index (χ4v) is 7.14. The van der Waals surface area contributed by atoms with Crippen molar-refractivity contribution in [1.82, 2.24) is 21.3 Å². The summed E-state index contributed by atoms with van der Waals surface area (Å²) in [6.07, 6.45) is 4.86. The van der Waals surface area contributed by atoms with Crippen LogP contribution in [0.25, 0.3) is 0 Å². The molecule has 0 saturated carbocycles. The molecule has 3 amide bonds. The van der Waals surface area contributed by atoms with Crippen LogP contribution in [0.4, 0.5) is 13.6 Å². The first-order valence-corrected chi connectivity index (χ1v) is 25.4. The van der Waals surface area contributed by atoms with E-state index in [1.54, 1.807) is 24.3 Å². The van der Waals surface area contributed by atoms with Crippen LogP contribution in [0.3, 0.4) is 0 Å². The van der Waals surface area contributed by atoms with Crippen molar-refractivity contribution in [1.29, 1.82) is 0 Å². The molecule has 1 saturated heterocycles. The number of benzene rings is 1. The first-order chi connectivity index (χ1) is 32.9. The van der Waals surface area contributed by atoms with E-state index in [-0.39, 0.29) is 52.5 Å². The topological polar surface area (TPSA) is 190 Å². The SMILES string of the molecule is CCCCOC[C@H]1O[C@@](OCCCC)(C(F)(F)CNCCCC[C@H](NC(=O)OCc2ccccc2)C(=O)NCC(=O)NCC(=O)OCCCC)[C@H](OCCCC)[C@@H](OCCCC)[C@H]1OCCCC. The minimum Gasteiger partial charge on any atom is -0.464 e. The molecule has 16 nitrogen and oxygen atoms in total. The van der Waals surface area contributed by atoms with E-state index in [1.807, 2.05) is 40.7 Å². The van der Waals surface area contributed by atoms with Crippen molar-refractivity contribution >= 4 is 23.9 Å². The van der Waals surface area contributed by atoms with E-state index in [0.29, 0.717) is 64.8 Å². The number of rotatable bonds is 40. The lowest BCUT2D eigenvalue weighted by atomic mass is 9.87. The van der Waals surface area contributed by atoms with Crippen LogP contribution in [0.15, 0.2) is 30.3 Å². The van der Waals surface area contributed by atoms with Gasteiger partial charge < -0.3 is 59.2 Å². The Balaban J connectivity index is 2.29. The second-order valence-electron chi connectivity index (χ2n) is 17.2. The fraction of sp³-hybridized carbons (Fsp3) is 0.800. The second kappa shape index (κ2) is 36.4. The monoisotopic (exact) mass is 973 g/mol. The highest BCUT2D eigenvalue weighted by molar-refractivity contribution is 5.90. The predicted octanol–water partition coefficient (Wildman–Crippen LogP) is 7.54. The van der Waals surface area contributed by atoms with Gasteiger partial charge in [0.15, 0.2) is 0 Å². The van der Waals surface area contributed by atoms with Crippen LogP contribution in [0.2, 0.25) is 0 Å². The normalized spacial score (nSPS) is 19.8. The molecular formula is C50H86F2N4O12. The molecule has 1 aromatic carbocycles. The minimum atomic E-state index is -3.67. The van der Waals surface area contributed by atoms with E-state index in [2.05, 4.69) is 28.2 Å². The minimum absolute atomic E-state index is 0.00445. The molecule has 0 bridgehead atoms. The Hall–Kier alpha value is -3.52. The number of ether oxygens (including phenoxy) is 8. The molecule has 68 heavy (non-hydrogen) atoms. The van der Waals surface area contributed by atoms with Gasteiger partial charge in [-0.3, -0.25) is 14.4 Å². The van der Waals surface area contributed by atoms with E-state index in [4.69, 9.17) is 37.9 Å². The summed E-state index contributed by atoms with van der Waals surface area (Å²) in [5.41, 5.74) is 0.738. The average molecular weight is 973 g/mol. The number of unbranched alkanes of at least 4 members (excludes halogenated alkanes) is 7. The summed E-state index contributed by atoms with van der Waals surface area (Å²) in [6, 6.07) is 7.87. The maximum atomic E-state index is 17.5. The van der Waals surface area contributed by atoms with Gasteiger partial charge in [-0.1, -0.05) is 110 Å². The molecule has 18 heteroatoms. The van der Waals surface area contributed by atoms with Gasteiger partial charge in [0.05, 0.1) is 32.9 Å². The molecule has 1 aromatic rings. The Labute approximate surface area is 405 Å². The van der Waals surface area contributed by atoms with Gasteiger partial charge in [0.25, 0.3) is 5.79 Å². The average Bonchev–Trinajstić information content (AvgIpc) is 3.33. The van der Waals surface area contributed by atoms with Crippen LogP contribution < -0.4 is 21.3 Å². The first-order valence-electron chi connectivity index (χ1n) is 25.4. The largest absolute Gasteiger partial charge is 0.464 e. The van der Waals surface area contributed by atoms with Gasteiger partial charge >= 0.3 is 18.0 Å². The number of alkyl halides is 2. The number of hydrogen-bond donors (Lipinski definition) is 4. The molecule has 2 rings (SSSR count). The molecule has 392 valence electrons. The van der Waals surface area contributed by atoms with Crippen LogP contribution in [0.1, 0.15) is 143 Å². The maximum absolute atomic E-state index is 17.5. The van der Waals surface area contributed by atoms with E-state index in [9.17, 15) is 19.2 Å². The van der Waals surface area contributed by atoms with Crippen LogP contribution in [0, 0.1) is 0 Å². The van der Waals surface area contributed by atoms with Gasteiger partial charge in [0, 0.05) is 26.4 Å². The van der Waals surface area contributed by atoms with Crippen molar-refractivity contribution < 1.29 is 65.9 Å². The standard InChI is InChI=1S/C50H86F2N4O12/c1-7-13-28-61-37-41-44(63-30-15-9-3)45(64-31-16-10-4)46(65-32-17-11-5)50(68-41,67-33-18-12-6)49(51,52)38-53-27-23-22-26-40(56-48(60)66-36-39-24-20-19-21-25-39)47(59)55-34-42(57)54-35-43(58)62-29-14-8-2/h19-21,24-25,40-41,44-46,53H,7-18,22-23,26-38H2,1-6H3,(H,54,57)(H,55,59)(H,56,60)/t40-,41+,44-,45-,46+,50+/m0/s1. The lowest BCUT2D eigenvalue weighted by Crippen LogP contribution is -2.75. The number of esters is 1. The van der Waals surface area contributed by atoms with Crippen LogP contribution in [0.5, 0.6) is 0 Å². The highest BCUT2D eigenvalue weighted by atomic mass is 19.3. The van der Waals surface area contributed by atoms with E-state index in [1.165, 1.54) is 0 Å². The van der Waals surface area contributed by atoms with Crippen molar-refractivity contribution in [3.8, 4) is 0 Å². The van der Waals surface area contributed by atoms with Crippen molar-refractivity contribution in [2.75, 3.05) is 72.4 Å². The van der Waals surface area contributed by atoms with Crippen LogP contribution in [-0.2, 0) is 58.9 Å². The summed E-state index contributed by atoms with van der Waals surface area (Å²) in [5, 5.41) is 10.4. The third-order valence-corrected chi connectivity index (χ3v) is 11.2. The van der Waals surface area contributed by atoms with Gasteiger partial charge in [0.1, 0.15) is 43.6 Å². The zero-order valence-electron chi connectivity index (χ0n) is 42.0. The highest BCUT2D eigenvalue weighted by Crippen LogP contribution is 2.46. The number of carbonyl (C=O) groups excluding carboxylic acids is 4. The van der Waals surface area contributed by atoms with Gasteiger partial charge in [-0.25, -0.2) is 4.79 Å². The maximum Gasteiger partial charge on any atom is 0.408 e. The molecule has 1 aliphatic rings. The van der Waals surface area contributed by atoms with Gasteiger partial charge in [-0.15, -0.1) is 0 Å². The number of amides is 3. The molecule has 1 heterocycles. The number of nitrogens with one attached hydrogen (secondary N) is 4. The fourth-order valence-electron chi connectivity index (χ4n) is 7.14. The Morgan fingerprint density at radius 3 is 1.96 bits per heavy atom. The molecule has 0 spiro atoms. The quantitative estimate of drug-likeness (QED) is 0.0373. The third kappa shape index (κ3) is 22.9. The van der Waals surface area contributed by atoms with E-state index in [0.717, 1.165) is 50.5 Å². The molecule has 1 aliphatic heterocycles. The molecule has 0 aliphatic carbocycles. The lowest BCUT2D eigenvalue weighted by Gasteiger charge is -2.54. The zero-order chi connectivity index (χ0) is 49.9. The number of carbonyl (C=O) groups is 4. The molecule has 0 aromatic heterocycles. The molecule has 0 radical (unpaired) electrons. The van der Waals surface area contributed by atoms with Gasteiger partial charge in [-0.05, 0) is 69.9 Å². The van der Waals surface area contributed by atoms with Crippen LogP contribution in [-0.4, -0.2) is 138 Å². The Morgan fingerprint density at radius 2 is 1.29 bits per heavy atom. The summed E-state index contributed by atoms with van der Waals surface area (Å²) in [4.78, 5) is 50.6. The molecule has 6 atom stereocenters. The second-order valence-corrected chi connectivity index (χ2v) is 17.2. The summed E-state index contributed by atoms with van der Waals surface area (Å²) < 4.78 is 83.7. The third-order valence-electron chi connectivity index (χ3n) is 11.2. The molecule has 4 N–H and O–H groups in total. The predicted molar refractivity (Wildman–Crippen MR) is 255 cm³/mol. The number of hydrogen-bond acceptors (Lipinski definition) is 13.